The zero-order valence-corrected chi connectivity index (χ0v) is 12.2. The summed E-state index contributed by atoms with van der Waals surface area (Å²) in [7, 11) is 0. The number of aromatic nitrogens is 1. The molecule has 0 saturated carbocycles. The SMILES string of the molecule is CC(CN)C(=O)Nc1nc2c(s1)CCCCC2.Cl. The molecule has 1 heterocycles. The highest BCUT2D eigenvalue weighted by Crippen LogP contribution is 2.29. The Labute approximate surface area is 118 Å². The lowest BCUT2D eigenvalue weighted by molar-refractivity contribution is -0.119. The summed E-state index contributed by atoms with van der Waals surface area (Å²) in [5.74, 6) is -0.185. The summed E-state index contributed by atoms with van der Waals surface area (Å²) in [6, 6.07) is 0. The molecule has 0 bridgehead atoms. The quantitative estimate of drug-likeness (QED) is 0.840. The van der Waals surface area contributed by atoms with Crippen LogP contribution in [0.4, 0.5) is 5.13 Å². The van der Waals surface area contributed by atoms with Gasteiger partial charge in [0, 0.05) is 17.3 Å². The van der Waals surface area contributed by atoms with Crippen molar-refractivity contribution in [2.24, 2.45) is 11.7 Å². The number of anilines is 1. The first-order valence-corrected chi connectivity index (χ1v) is 7.02. The van der Waals surface area contributed by atoms with Gasteiger partial charge in [-0.2, -0.15) is 0 Å². The molecule has 0 fully saturated rings. The van der Waals surface area contributed by atoms with Crippen LogP contribution in [0.15, 0.2) is 0 Å². The Kier molecular flexibility index (Phi) is 6.05. The van der Waals surface area contributed by atoms with Crippen LogP contribution in [-0.4, -0.2) is 17.4 Å². The van der Waals surface area contributed by atoms with Gasteiger partial charge in [0.25, 0.3) is 0 Å². The molecule has 1 aromatic heterocycles. The first kappa shape index (κ1) is 15.4. The van der Waals surface area contributed by atoms with Crippen molar-refractivity contribution in [2.45, 2.75) is 39.0 Å². The Morgan fingerprint density at radius 2 is 2.17 bits per heavy atom. The number of aryl methyl sites for hydroxylation is 2. The molecular formula is C12H20ClN3OS. The van der Waals surface area contributed by atoms with Crippen LogP contribution in [0.1, 0.15) is 36.8 Å². The number of hydrogen-bond donors (Lipinski definition) is 2. The molecule has 1 amide bonds. The summed E-state index contributed by atoms with van der Waals surface area (Å²) in [4.78, 5) is 17.6. The first-order valence-electron chi connectivity index (χ1n) is 6.20. The number of nitrogens with zero attached hydrogens (tertiary/aromatic N) is 1. The van der Waals surface area contributed by atoms with Gasteiger partial charge in [0.1, 0.15) is 0 Å². The van der Waals surface area contributed by atoms with Crippen molar-refractivity contribution in [3.8, 4) is 0 Å². The Bertz CT molecular complexity index is 385. The average molecular weight is 290 g/mol. The molecule has 0 spiro atoms. The average Bonchev–Trinajstić information content (AvgIpc) is 2.57. The third-order valence-corrected chi connectivity index (χ3v) is 4.20. The Morgan fingerprint density at radius 3 is 2.89 bits per heavy atom. The highest BCUT2D eigenvalue weighted by atomic mass is 35.5. The number of hydrogen-bond acceptors (Lipinski definition) is 4. The number of amides is 1. The fourth-order valence-corrected chi connectivity index (χ4v) is 2.97. The number of thiazole rings is 1. The van der Waals surface area contributed by atoms with Crippen LogP contribution in [0.2, 0.25) is 0 Å². The van der Waals surface area contributed by atoms with E-state index >= 15 is 0 Å². The number of nitrogens with one attached hydrogen (secondary N) is 1. The van der Waals surface area contributed by atoms with Gasteiger partial charge in [0.2, 0.25) is 5.91 Å². The standard InChI is InChI=1S/C12H19N3OS.ClH/c1-8(7-13)11(16)15-12-14-9-5-3-2-4-6-10(9)17-12;/h8H,2-7,13H2,1H3,(H,14,15,16);1H. The van der Waals surface area contributed by atoms with E-state index in [2.05, 4.69) is 10.3 Å². The molecule has 6 heteroatoms. The molecule has 1 aromatic rings. The van der Waals surface area contributed by atoms with Gasteiger partial charge in [0.15, 0.2) is 5.13 Å². The van der Waals surface area contributed by atoms with E-state index in [-0.39, 0.29) is 24.2 Å². The van der Waals surface area contributed by atoms with Crippen molar-refractivity contribution in [1.82, 2.24) is 4.98 Å². The molecule has 0 radical (unpaired) electrons. The van der Waals surface area contributed by atoms with E-state index in [9.17, 15) is 4.79 Å². The van der Waals surface area contributed by atoms with Gasteiger partial charge in [0.05, 0.1) is 5.69 Å². The summed E-state index contributed by atoms with van der Waals surface area (Å²) < 4.78 is 0. The number of carbonyl (C=O) groups excluding carboxylic acids is 1. The molecule has 0 aromatic carbocycles. The fraction of sp³-hybridized carbons (Fsp3) is 0.667. The van der Waals surface area contributed by atoms with Crippen molar-refractivity contribution < 1.29 is 4.79 Å². The molecule has 0 saturated heterocycles. The highest BCUT2D eigenvalue weighted by Gasteiger charge is 2.17. The number of rotatable bonds is 3. The monoisotopic (exact) mass is 289 g/mol. The molecule has 102 valence electrons. The number of nitrogens with two attached hydrogens (primary N) is 1. The van der Waals surface area contributed by atoms with Crippen molar-refractivity contribution in [1.29, 1.82) is 0 Å². The topological polar surface area (TPSA) is 68.0 Å². The van der Waals surface area contributed by atoms with Crippen molar-refractivity contribution in [2.75, 3.05) is 11.9 Å². The summed E-state index contributed by atoms with van der Waals surface area (Å²) in [6.45, 7) is 2.20. The lowest BCUT2D eigenvalue weighted by Crippen LogP contribution is -2.26. The summed E-state index contributed by atoms with van der Waals surface area (Å²) in [5, 5.41) is 3.60. The predicted octanol–water partition coefficient (Wildman–Crippen LogP) is 2.37. The fourth-order valence-electron chi connectivity index (χ4n) is 1.92. The van der Waals surface area contributed by atoms with Crippen molar-refractivity contribution in [3.05, 3.63) is 10.6 Å². The minimum absolute atomic E-state index is 0. The second kappa shape index (κ2) is 7.07. The van der Waals surface area contributed by atoms with Crippen LogP contribution in [0, 0.1) is 5.92 Å². The van der Waals surface area contributed by atoms with Crippen LogP contribution in [0.3, 0.4) is 0 Å². The van der Waals surface area contributed by atoms with E-state index in [1.807, 2.05) is 6.92 Å². The van der Waals surface area contributed by atoms with Gasteiger partial charge in [-0.25, -0.2) is 4.98 Å². The van der Waals surface area contributed by atoms with E-state index < -0.39 is 0 Å². The van der Waals surface area contributed by atoms with Crippen LogP contribution in [0.25, 0.3) is 0 Å². The van der Waals surface area contributed by atoms with Crippen LogP contribution < -0.4 is 11.1 Å². The Balaban J connectivity index is 0.00000162. The summed E-state index contributed by atoms with van der Waals surface area (Å²) >= 11 is 1.62. The largest absolute Gasteiger partial charge is 0.330 e. The maximum absolute atomic E-state index is 11.7. The minimum Gasteiger partial charge on any atom is -0.330 e. The zero-order valence-electron chi connectivity index (χ0n) is 10.6. The molecule has 0 aliphatic heterocycles. The Morgan fingerprint density at radius 1 is 1.44 bits per heavy atom. The summed E-state index contributed by atoms with van der Waals surface area (Å²) in [6.07, 6.45) is 5.89. The maximum Gasteiger partial charge on any atom is 0.230 e. The highest BCUT2D eigenvalue weighted by molar-refractivity contribution is 7.15. The molecule has 1 atom stereocenters. The molecule has 1 unspecified atom stereocenters. The van der Waals surface area contributed by atoms with Gasteiger partial charge >= 0.3 is 0 Å². The smallest absolute Gasteiger partial charge is 0.230 e. The Hall–Kier alpha value is -0.650. The van der Waals surface area contributed by atoms with Gasteiger partial charge in [-0.05, 0) is 25.7 Å². The number of halogens is 1. The molecule has 4 nitrogen and oxygen atoms in total. The molecule has 1 aliphatic rings. The number of carbonyl (C=O) groups is 1. The van der Waals surface area contributed by atoms with E-state index in [1.54, 1.807) is 11.3 Å². The van der Waals surface area contributed by atoms with E-state index in [0.717, 1.165) is 18.0 Å². The van der Waals surface area contributed by atoms with Crippen LogP contribution in [-0.2, 0) is 17.6 Å². The van der Waals surface area contributed by atoms with Gasteiger partial charge in [-0.15, -0.1) is 23.7 Å². The third kappa shape index (κ3) is 3.67. The third-order valence-electron chi connectivity index (χ3n) is 3.13. The molecule has 2 rings (SSSR count). The normalized spacial score (nSPS) is 16.1. The van der Waals surface area contributed by atoms with Crippen molar-refractivity contribution in [3.63, 3.8) is 0 Å². The maximum atomic E-state index is 11.7. The van der Waals surface area contributed by atoms with Crippen molar-refractivity contribution >= 4 is 34.8 Å². The van der Waals surface area contributed by atoms with Gasteiger partial charge in [-0.3, -0.25) is 4.79 Å². The van der Waals surface area contributed by atoms with Crippen LogP contribution in [0.5, 0.6) is 0 Å². The van der Waals surface area contributed by atoms with E-state index in [0.29, 0.717) is 6.54 Å². The van der Waals surface area contributed by atoms with E-state index in [4.69, 9.17) is 5.73 Å². The second-order valence-corrected chi connectivity index (χ2v) is 5.66. The molecule has 3 N–H and O–H groups in total. The zero-order chi connectivity index (χ0) is 12.3. The first-order chi connectivity index (χ1) is 8.20. The predicted molar refractivity (Wildman–Crippen MR) is 77.5 cm³/mol. The molecular weight excluding hydrogens is 270 g/mol. The van der Waals surface area contributed by atoms with Gasteiger partial charge in [-0.1, -0.05) is 13.3 Å². The second-order valence-electron chi connectivity index (χ2n) is 4.58. The van der Waals surface area contributed by atoms with E-state index in [1.165, 1.54) is 29.8 Å². The summed E-state index contributed by atoms with van der Waals surface area (Å²) in [5.41, 5.74) is 6.65. The lowest BCUT2D eigenvalue weighted by atomic mass is 10.2. The lowest BCUT2D eigenvalue weighted by Gasteiger charge is -2.06. The van der Waals surface area contributed by atoms with Crippen LogP contribution >= 0.6 is 23.7 Å². The molecule has 1 aliphatic carbocycles. The number of fused-ring (bicyclic) bond motifs is 1. The molecule has 18 heavy (non-hydrogen) atoms. The minimum atomic E-state index is -0.154. The van der Waals surface area contributed by atoms with Gasteiger partial charge < -0.3 is 11.1 Å².